The molecule has 6 rings (SSSR count). The molecule has 190 valence electrons. The maximum Gasteiger partial charge on any atom is 0.0124 e. The van der Waals surface area contributed by atoms with Crippen molar-refractivity contribution < 1.29 is 0 Å². The van der Waals surface area contributed by atoms with E-state index in [1.54, 1.807) is 5.56 Å². The van der Waals surface area contributed by atoms with Crippen molar-refractivity contribution in [2.24, 2.45) is 34.5 Å². The molecule has 0 aliphatic heterocycles. The SMILES string of the molecule is CN([C@H]1CC[C@@]2(C)[C@@H](CC[C@@H]3[C@@H]2CC[C@]2(C)[C@@H](c4ccc5ccccc5c4)CC[C@@H]32)C1)C(C)(C)C. The number of hydrogen-bond acceptors (Lipinski definition) is 1. The molecule has 0 saturated heterocycles. The molecule has 4 fully saturated rings. The van der Waals surface area contributed by atoms with E-state index in [0.717, 1.165) is 35.6 Å². The highest BCUT2D eigenvalue weighted by atomic mass is 15.2. The quantitative estimate of drug-likeness (QED) is 0.422. The Balaban J connectivity index is 1.23. The van der Waals surface area contributed by atoms with Crippen LogP contribution in [0.25, 0.3) is 10.8 Å². The second-order valence-electron chi connectivity index (χ2n) is 14.6. The Morgan fingerprint density at radius 2 is 1.49 bits per heavy atom. The molecule has 2 aromatic rings. The van der Waals surface area contributed by atoms with Crippen molar-refractivity contribution in [3.63, 3.8) is 0 Å². The van der Waals surface area contributed by atoms with Crippen molar-refractivity contribution in [2.45, 2.75) is 110 Å². The Morgan fingerprint density at radius 3 is 2.26 bits per heavy atom. The first-order valence-electron chi connectivity index (χ1n) is 14.8. The van der Waals surface area contributed by atoms with E-state index in [1.807, 2.05) is 0 Å². The van der Waals surface area contributed by atoms with Crippen molar-refractivity contribution in [3.8, 4) is 0 Å². The van der Waals surface area contributed by atoms with E-state index in [4.69, 9.17) is 0 Å². The third-order valence-corrected chi connectivity index (χ3v) is 12.4. The number of nitrogens with zero attached hydrogens (tertiary/aromatic N) is 1. The van der Waals surface area contributed by atoms with E-state index in [2.05, 4.69) is 89.0 Å². The lowest BCUT2D eigenvalue weighted by atomic mass is 9.44. The fourth-order valence-corrected chi connectivity index (χ4v) is 10.1. The summed E-state index contributed by atoms with van der Waals surface area (Å²) in [6, 6.07) is 17.1. The number of rotatable bonds is 2. The molecule has 0 N–H and O–H groups in total. The fourth-order valence-electron chi connectivity index (χ4n) is 10.1. The van der Waals surface area contributed by atoms with Crippen LogP contribution < -0.4 is 0 Å². The van der Waals surface area contributed by atoms with Gasteiger partial charge in [-0.15, -0.1) is 0 Å². The van der Waals surface area contributed by atoms with Crippen LogP contribution in [0, 0.1) is 34.5 Å². The van der Waals surface area contributed by atoms with Gasteiger partial charge in [-0.2, -0.15) is 0 Å². The van der Waals surface area contributed by atoms with Gasteiger partial charge in [0.05, 0.1) is 0 Å². The molecule has 8 atom stereocenters. The van der Waals surface area contributed by atoms with Crippen LogP contribution in [-0.4, -0.2) is 23.5 Å². The lowest BCUT2D eigenvalue weighted by Gasteiger charge is -2.62. The first-order valence-corrected chi connectivity index (χ1v) is 14.8. The van der Waals surface area contributed by atoms with Crippen LogP contribution in [0.15, 0.2) is 42.5 Å². The van der Waals surface area contributed by atoms with Gasteiger partial charge in [0.25, 0.3) is 0 Å². The molecule has 0 heterocycles. The fraction of sp³-hybridized carbons (Fsp3) is 0.706. The summed E-state index contributed by atoms with van der Waals surface area (Å²) in [4.78, 5) is 2.70. The first-order chi connectivity index (χ1) is 16.6. The summed E-state index contributed by atoms with van der Waals surface area (Å²) in [5.41, 5.74) is 2.98. The maximum atomic E-state index is 2.74. The second-order valence-corrected chi connectivity index (χ2v) is 14.6. The van der Waals surface area contributed by atoms with Crippen molar-refractivity contribution in [2.75, 3.05) is 7.05 Å². The lowest BCUT2D eigenvalue weighted by Crippen LogP contribution is -2.56. The number of fused-ring (bicyclic) bond motifs is 6. The molecule has 0 radical (unpaired) electrons. The Hall–Kier alpha value is -1.34. The zero-order chi connectivity index (χ0) is 24.6. The minimum atomic E-state index is 0.282. The second kappa shape index (κ2) is 8.34. The van der Waals surface area contributed by atoms with Gasteiger partial charge in [-0.3, -0.25) is 4.90 Å². The van der Waals surface area contributed by atoms with Crippen LogP contribution in [-0.2, 0) is 0 Å². The van der Waals surface area contributed by atoms with Gasteiger partial charge < -0.3 is 0 Å². The van der Waals surface area contributed by atoms with Crippen molar-refractivity contribution >= 4 is 10.8 Å². The summed E-state index contributed by atoms with van der Waals surface area (Å²) < 4.78 is 0. The van der Waals surface area contributed by atoms with E-state index in [9.17, 15) is 0 Å². The Bertz CT molecular complexity index is 1080. The topological polar surface area (TPSA) is 3.24 Å². The highest BCUT2D eigenvalue weighted by Gasteiger charge is 2.60. The van der Waals surface area contributed by atoms with Gasteiger partial charge in [0.15, 0.2) is 0 Å². The number of hydrogen-bond donors (Lipinski definition) is 0. The molecule has 1 nitrogen and oxygen atoms in total. The molecule has 4 aliphatic carbocycles. The number of benzene rings is 2. The van der Waals surface area contributed by atoms with Gasteiger partial charge in [0, 0.05) is 11.6 Å². The molecule has 35 heavy (non-hydrogen) atoms. The lowest BCUT2D eigenvalue weighted by molar-refractivity contribution is -0.120. The van der Waals surface area contributed by atoms with Crippen LogP contribution >= 0.6 is 0 Å². The van der Waals surface area contributed by atoms with Gasteiger partial charge in [0.2, 0.25) is 0 Å². The predicted octanol–water partition coefficient (Wildman–Crippen LogP) is 9.07. The molecular weight excluding hydrogens is 422 g/mol. The van der Waals surface area contributed by atoms with Crippen molar-refractivity contribution in [3.05, 3.63) is 48.0 Å². The molecule has 0 unspecified atom stereocenters. The van der Waals surface area contributed by atoms with E-state index in [1.165, 1.54) is 68.6 Å². The summed E-state index contributed by atoms with van der Waals surface area (Å²) in [7, 11) is 2.39. The average molecular weight is 472 g/mol. The molecule has 2 aromatic carbocycles. The molecule has 0 aromatic heterocycles. The largest absolute Gasteiger partial charge is 0.299 e. The van der Waals surface area contributed by atoms with Crippen molar-refractivity contribution in [1.29, 1.82) is 0 Å². The van der Waals surface area contributed by atoms with Gasteiger partial charge in [-0.1, -0.05) is 56.3 Å². The minimum absolute atomic E-state index is 0.282. The first kappa shape index (κ1) is 24.0. The zero-order valence-corrected chi connectivity index (χ0v) is 23.3. The average Bonchev–Trinajstić information content (AvgIpc) is 3.19. The minimum Gasteiger partial charge on any atom is -0.299 e. The van der Waals surface area contributed by atoms with Crippen LogP contribution in [0.4, 0.5) is 0 Å². The van der Waals surface area contributed by atoms with Crippen molar-refractivity contribution in [1.82, 2.24) is 4.90 Å². The molecule has 4 aliphatic rings. The maximum absolute atomic E-state index is 2.74. The monoisotopic (exact) mass is 471 g/mol. The van der Waals surface area contributed by atoms with Gasteiger partial charge in [-0.25, -0.2) is 0 Å². The van der Waals surface area contributed by atoms with E-state index < -0.39 is 0 Å². The highest BCUT2D eigenvalue weighted by Crippen LogP contribution is 2.69. The third-order valence-electron chi connectivity index (χ3n) is 12.4. The summed E-state index contributed by atoms with van der Waals surface area (Å²) in [6.45, 7) is 12.6. The van der Waals surface area contributed by atoms with E-state index in [-0.39, 0.29) is 5.54 Å². The molecular formula is C34H49N. The molecule has 0 spiro atoms. The Labute approximate surface area is 215 Å². The zero-order valence-electron chi connectivity index (χ0n) is 23.3. The van der Waals surface area contributed by atoms with Gasteiger partial charge >= 0.3 is 0 Å². The van der Waals surface area contributed by atoms with Crippen LogP contribution in [0.3, 0.4) is 0 Å². The van der Waals surface area contributed by atoms with Crippen LogP contribution in [0.5, 0.6) is 0 Å². The highest BCUT2D eigenvalue weighted by molar-refractivity contribution is 5.83. The standard InChI is InChI=1S/C34H49N/c1-32(2,3)35(6)27-17-19-33(4)26(22-27)13-14-28-30-16-15-29(34(30,5)20-18-31(28)33)25-12-11-23-9-7-8-10-24(23)21-25/h7-12,21,26-31H,13-20,22H2,1-6H3/t26-,27-,28-,29+,30-,31-,33-,34+/m0/s1. The van der Waals surface area contributed by atoms with E-state index >= 15 is 0 Å². The normalized spacial score (nSPS) is 41.5. The Morgan fingerprint density at radius 1 is 0.771 bits per heavy atom. The predicted molar refractivity (Wildman–Crippen MR) is 150 cm³/mol. The van der Waals surface area contributed by atoms with Gasteiger partial charge in [0.1, 0.15) is 0 Å². The Kier molecular flexibility index (Phi) is 5.72. The summed E-state index contributed by atoms with van der Waals surface area (Å²) in [5.74, 6) is 4.56. The smallest absolute Gasteiger partial charge is 0.0124 e. The van der Waals surface area contributed by atoms with E-state index in [0.29, 0.717) is 10.8 Å². The van der Waals surface area contributed by atoms with Crippen LogP contribution in [0.1, 0.15) is 104 Å². The molecule has 4 saturated carbocycles. The van der Waals surface area contributed by atoms with Crippen LogP contribution in [0.2, 0.25) is 0 Å². The third kappa shape index (κ3) is 3.74. The molecule has 0 amide bonds. The summed E-state index contributed by atoms with van der Waals surface area (Å²) >= 11 is 0. The summed E-state index contributed by atoms with van der Waals surface area (Å²) in [6.07, 6.45) is 13.1. The molecule has 0 bridgehead atoms. The summed E-state index contributed by atoms with van der Waals surface area (Å²) in [5, 5.41) is 2.81. The molecule has 1 heteroatoms. The van der Waals surface area contributed by atoms with Gasteiger partial charge in [-0.05, 0) is 142 Å².